The number of amides is 2. The Morgan fingerprint density at radius 3 is 2.53 bits per heavy atom. The number of rotatable bonds is 3. The molecule has 2 aromatic carbocycles. The minimum absolute atomic E-state index is 0.00883. The molecule has 1 atom stereocenters. The van der Waals surface area contributed by atoms with Crippen molar-refractivity contribution >= 4 is 27.5 Å². The molecule has 0 radical (unpaired) electrons. The molecule has 7 nitrogen and oxygen atoms in total. The minimum atomic E-state index is -3.63. The van der Waals surface area contributed by atoms with Gasteiger partial charge in [-0.15, -0.1) is 0 Å². The van der Waals surface area contributed by atoms with Crippen LogP contribution in [0.25, 0.3) is 0 Å². The number of carbonyl (C=O) groups is 2. The van der Waals surface area contributed by atoms with Crippen molar-refractivity contribution in [2.75, 3.05) is 31.5 Å². The van der Waals surface area contributed by atoms with Gasteiger partial charge in [-0.3, -0.25) is 9.59 Å². The number of piperazine rings is 1. The molecule has 0 saturated carbocycles. The molecular formula is C23H24FN3O4S. The molecule has 2 amide bonds. The van der Waals surface area contributed by atoms with Crippen molar-refractivity contribution in [3.63, 3.8) is 0 Å². The molecule has 5 rings (SSSR count). The Bertz CT molecular complexity index is 1210. The lowest BCUT2D eigenvalue weighted by Crippen LogP contribution is -2.52. The van der Waals surface area contributed by atoms with E-state index < -0.39 is 21.8 Å². The van der Waals surface area contributed by atoms with Crippen LogP contribution in [0.5, 0.6) is 0 Å². The summed E-state index contributed by atoms with van der Waals surface area (Å²) < 4.78 is 41.3. The fourth-order valence-corrected chi connectivity index (χ4v) is 6.36. The number of halogens is 1. The van der Waals surface area contributed by atoms with Crippen LogP contribution in [0.2, 0.25) is 0 Å². The Kier molecular flexibility index (Phi) is 5.25. The number of benzene rings is 2. The van der Waals surface area contributed by atoms with E-state index >= 15 is 0 Å². The maximum absolute atomic E-state index is 13.6. The van der Waals surface area contributed by atoms with Gasteiger partial charge in [-0.25, -0.2) is 12.8 Å². The number of fused-ring (bicyclic) bond motifs is 2. The van der Waals surface area contributed by atoms with Crippen molar-refractivity contribution in [3.8, 4) is 0 Å². The lowest BCUT2D eigenvalue weighted by molar-refractivity contribution is -0.136. The van der Waals surface area contributed by atoms with E-state index in [9.17, 15) is 22.4 Å². The lowest BCUT2D eigenvalue weighted by atomic mass is 9.89. The third-order valence-corrected chi connectivity index (χ3v) is 8.51. The molecule has 0 unspecified atom stereocenters. The van der Waals surface area contributed by atoms with Gasteiger partial charge in [0.2, 0.25) is 21.8 Å². The lowest BCUT2D eigenvalue weighted by Gasteiger charge is -2.37. The zero-order chi connectivity index (χ0) is 22.5. The first kappa shape index (κ1) is 21.1. The monoisotopic (exact) mass is 457 g/mol. The highest BCUT2D eigenvalue weighted by molar-refractivity contribution is 7.89. The van der Waals surface area contributed by atoms with Crippen LogP contribution in [0.1, 0.15) is 35.4 Å². The topological polar surface area (TPSA) is 86.8 Å². The maximum Gasteiger partial charge on any atom is 0.243 e. The van der Waals surface area contributed by atoms with Crippen molar-refractivity contribution in [2.45, 2.75) is 36.5 Å². The van der Waals surface area contributed by atoms with Gasteiger partial charge in [-0.1, -0.05) is 12.1 Å². The molecule has 32 heavy (non-hydrogen) atoms. The molecule has 1 saturated heterocycles. The highest BCUT2D eigenvalue weighted by Gasteiger charge is 2.37. The van der Waals surface area contributed by atoms with E-state index in [4.69, 9.17) is 0 Å². The van der Waals surface area contributed by atoms with Gasteiger partial charge < -0.3 is 10.2 Å². The molecule has 2 aliphatic heterocycles. The summed E-state index contributed by atoms with van der Waals surface area (Å²) in [6.45, 7) is 0.885. The zero-order valence-electron chi connectivity index (χ0n) is 17.5. The predicted octanol–water partition coefficient (Wildman–Crippen LogP) is 2.27. The van der Waals surface area contributed by atoms with Crippen molar-refractivity contribution in [2.24, 2.45) is 0 Å². The van der Waals surface area contributed by atoms with Crippen LogP contribution in [0, 0.1) is 5.82 Å². The second-order valence-corrected chi connectivity index (χ2v) is 10.5. The van der Waals surface area contributed by atoms with Gasteiger partial charge in [0, 0.05) is 38.3 Å². The average Bonchev–Trinajstić information content (AvgIpc) is 3.26. The molecule has 0 aromatic heterocycles. The molecule has 3 aliphatic rings. The molecule has 2 heterocycles. The number of carbonyl (C=O) groups excluding carboxylic acids is 2. The Morgan fingerprint density at radius 2 is 1.75 bits per heavy atom. The molecule has 1 fully saturated rings. The molecule has 1 aliphatic carbocycles. The van der Waals surface area contributed by atoms with Gasteiger partial charge in [0.15, 0.2) is 0 Å². The summed E-state index contributed by atoms with van der Waals surface area (Å²) in [4.78, 5) is 27.2. The number of hydrogen-bond acceptors (Lipinski definition) is 4. The molecule has 0 spiro atoms. The fourth-order valence-electron chi connectivity index (χ4n) is 4.88. The fraction of sp³-hybridized carbons (Fsp3) is 0.391. The first-order valence-electron chi connectivity index (χ1n) is 10.8. The number of aryl methyl sites for hydroxylation is 2. The van der Waals surface area contributed by atoms with Gasteiger partial charge in [0.25, 0.3) is 0 Å². The molecule has 168 valence electrons. The number of hydrogen-bond donors (Lipinski definition) is 1. The van der Waals surface area contributed by atoms with Gasteiger partial charge in [0.05, 0.1) is 10.8 Å². The molecule has 1 N–H and O–H groups in total. The van der Waals surface area contributed by atoms with Crippen LogP contribution in [-0.2, 0) is 32.5 Å². The summed E-state index contributed by atoms with van der Waals surface area (Å²) in [5, 5.41) is 2.61. The van der Waals surface area contributed by atoms with Crippen LogP contribution in [0.4, 0.5) is 10.1 Å². The normalized spacial score (nSPS) is 21.1. The maximum atomic E-state index is 13.6. The Hall–Kier alpha value is -2.78. The van der Waals surface area contributed by atoms with E-state index in [-0.39, 0.29) is 44.4 Å². The SMILES string of the molecule is O=C1C[C@H](C(=O)N2CCN(S(=O)(=O)c3ccc4c(c3)CCC4)CC2)c2ccc(F)cc2N1. The smallest absolute Gasteiger partial charge is 0.243 e. The largest absolute Gasteiger partial charge is 0.340 e. The molecular weight excluding hydrogens is 433 g/mol. The third kappa shape index (κ3) is 3.69. The van der Waals surface area contributed by atoms with Crippen molar-refractivity contribution in [1.29, 1.82) is 0 Å². The van der Waals surface area contributed by atoms with Crippen LogP contribution >= 0.6 is 0 Å². The van der Waals surface area contributed by atoms with Crippen molar-refractivity contribution < 1.29 is 22.4 Å². The Balaban J connectivity index is 1.30. The van der Waals surface area contributed by atoms with E-state index in [1.54, 1.807) is 17.0 Å². The van der Waals surface area contributed by atoms with E-state index in [1.165, 1.54) is 28.1 Å². The van der Waals surface area contributed by atoms with E-state index in [0.29, 0.717) is 16.1 Å². The molecule has 0 bridgehead atoms. The summed E-state index contributed by atoms with van der Waals surface area (Å²) >= 11 is 0. The van der Waals surface area contributed by atoms with Gasteiger partial charge >= 0.3 is 0 Å². The van der Waals surface area contributed by atoms with Crippen LogP contribution in [0.15, 0.2) is 41.3 Å². The minimum Gasteiger partial charge on any atom is -0.340 e. The number of anilines is 1. The summed E-state index contributed by atoms with van der Waals surface area (Å²) in [6, 6.07) is 9.38. The third-order valence-electron chi connectivity index (χ3n) is 6.61. The summed E-state index contributed by atoms with van der Waals surface area (Å²) in [7, 11) is -3.63. The van der Waals surface area contributed by atoms with E-state index in [1.807, 2.05) is 6.07 Å². The van der Waals surface area contributed by atoms with Crippen LogP contribution in [-0.4, -0.2) is 55.6 Å². The highest BCUT2D eigenvalue weighted by atomic mass is 32.2. The summed E-state index contributed by atoms with van der Waals surface area (Å²) in [6.07, 6.45) is 2.94. The van der Waals surface area contributed by atoms with E-state index in [2.05, 4.69) is 5.32 Å². The highest BCUT2D eigenvalue weighted by Crippen LogP contribution is 2.34. The van der Waals surface area contributed by atoms with Crippen LogP contribution < -0.4 is 5.32 Å². The number of sulfonamides is 1. The van der Waals surface area contributed by atoms with Crippen LogP contribution in [0.3, 0.4) is 0 Å². The number of nitrogens with one attached hydrogen (secondary N) is 1. The van der Waals surface area contributed by atoms with Crippen molar-refractivity contribution in [3.05, 3.63) is 58.9 Å². The molecule has 2 aromatic rings. The quantitative estimate of drug-likeness (QED) is 0.766. The first-order chi connectivity index (χ1) is 15.3. The summed E-state index contributed by atoms with van der Waals surface area (Å²) in [5.74, 6) is -1.75. The average molecular weight is 458 g/mol. The Labute approximate surface area is 186 Å². The zero-order valence-corrected chi connectivity index (χ0v) is 18.3. The van der Waals surface area contributed by atoms with E-state index in [0.717, 1.165) is 24.8 Å². The van der Waals surface area contributed by atoms with Gasteiger partial charge in [-0.2, -0.15) is 4.31 Å². The van der Waals surface area contributed by atoms with Gasteiger partial charge in [0.1, 0.15) is 5.82 Å². The standard InChI is InChI=1S/C23H24FN3O4S/c24-17-5-7-19-20(14-22(28)25-21(19)13-17)23(29)26-8-10-27(11-9-26)32(30,31)18-6-4-15-2-1-3-16(15)12-18/h4-7,12-13,20H,1-3,8-11,14H2,(H,25,28)/t20-/m0/s1. The second kappa shape index (κ2) is 7.97. The van der Waals surface area contributed by atoms with Gasteiger partial charge in [-0.05, 0) is 60.2 Å². The number of nitrogens with zero attached hydrogens (tertiary/aromatic N) is 2. The predicted molar refractivity (Wildman–Crippen MR) is 116 cm³/mol. The molecule has 9 heteroatoms. The first-order valence-corrected chi connectivity index (χ1v) is 12.3. The van der Waals surface area contributed by atoms with Crippen molar-refractivity contribution in [1.82, 2.24) is 9.21 Å². The summed E-state index contributed by atoms with van der Waals surface area (Å²) in [5.41, 5.74) is 3.23. The second-order valence-electron chi connectivity index (χ2n) is 8.55. The Morgan fingerprint density at radius 1 is 1.00 bits per heavy atom.